The van der Waals surface area contributed by atoms with Gasteiger partial charge in [0.1, 0.15) is 0 Å². The van der Waals surface area contributed by atoms with E-state index >= 15 is 0 Å². The van der Waals surface area contributed by atoms with Gasteiger partial charge >= 0.3 is 5.97 Å². The molecule has 0 heterocycles. The Bertz CT molecular complexity index is 948. The van der Waals surface area contributed by atoms with Gasteiger partial charge in [-0.05, 0) is 73.4 Å². The van der Waals surface area contributed by atoms with E-state index in [0.717, 1.165) is 19.3 Å². The Morgan fingerprint density at radius 3 is 2.38 bits per heavy atom. The second-order valence-corrected chi connectivity index (χ2v) is 17.2. The maximum Gasteiger partial charge on any atom is 0.305 e. The topological polar surface area (TPSA) is 52.6 Å². The Morgan fingerprint density at radius 2 is 1.76 bits per heavy atom. The van der Waals surface area contributed by atoms with Crippen LogP contribution in [0.15, 0.2) is 48.6 Å². The number of benzene rings is 1. The van der Waals surface area contributed by atoms with E-state index in [1.54, 1.807) is 6.08 Å². The SMILES string of the molecule is COC(=O)CCC/C=C\CC1C(=O)C=CC1c1ccc(C(O[Si](C)(C)C(C)(C)C)C2CCCCC2)cc1. The first-order valence-corrected chi connectivity index (χ1v) is 17.2. The summed E-state index contributed by atoms with van der Waals surface area (Å²) in [5, 5.41) is 0.176. The summed E-state index contributed by atoms with van der Waals surface area (Å²) in [6.45, 7) is 11.7. The van der Waals surface area contributed by atoms with Gasteiger partial charge in [-0.3, -0.25) is 9.59 Å². The lowest BCUT2D eigenvalue weighted by Crippen LogP contribution is -2.43. The summed E-state index contributed by atoms with van der Waals surface area (Å²) in [5.74, 6) is 0.664. The van der Waals surface area contributed by atoms with Crippen molar-refractivity contribution in [3.05, 3.63) is 59.7 Å². The summed E-state index contributed by atoms with van der Waals surface area (Å²) in [4.78, 5) is 23.9. The summed E-state index contributed by atoms with van der Waals surface area (Å²) in [7, 11) is -0.499. The van der Waals surface area contributed by atoms with Gasteiger partial charge in [-0.15, -0.1) is 0 Å². The zero-order chi connectivity index (χ0) is 27.1. The number of ether oxygens (including phenoxy) is 1. The Hall–Kier alpha value is -1.98. The first-order valence-electron chi connectivity index (χ1n) is 14.2. The average Bonchev–Trinajstić information content (AvgIpc) is 3.24. The molecule has 1 aromatic carbocycles. The molecule has 3 atom stereocenters. The molecular weight excluding hydrogens is 476 g/mol. The largest absolute Gasteiger partial charge is 0.469 e. The maximum absolute atomic E-state index is 12.6. The summed E-state index contributed by atoms with van der Waals surface area (Å²) >= 11 is 0. The lowest BCUT2D eigenvalue weighted by molar-refractivity contribution is -0.140. The van der Waals surface area contributed by atoms with Crippen LogP contribution in [0.25, 0.3) is 0 Å². The van der Waals surface area contributed by atoms with Gasteiger partial charge < -0.3 is 9.16 Å². The van der Waals surface area contributed by atoms with Crippen molar-refractivity contribution < 1.29 is 18.8 Å². The van der Waals surface area contributed by atoms with Gasteiger partial charge in [-0.1, -0.05) is 82.5 Å². The molecule has 0 spiro atoms. The molecule has 0 aromatic heterocycles. The average molecular weight is 525 g/mol. The molecule has 1 fully saturated rings. The van der Waals surface area contributed by atoms with Crippen molar-refractivity contribution in [3.63, 3.8) is 0 Å². The van der Waals surface area contributed by atoms with Crippen molar-refractivity contribution in [1.29, 1.82) is 0 Å². The van der Waals surface area contributed by atoms with Gasteiger partial charge in [0.2, 0.25) is 0 Å². The van der Waals surface area contributed by atoms with Gasteiger partial charge in [0.25, 0.3) is 0 Å². The maximum atomic E-state index is 12.6. The van der Waals surface area contributed by atoms with Crippen molar-refractivity contribution in [1.82, 2.24) is 0 Å². The van der Waals surface area contributed by atoms with E-state index in [1.165, 1.54) is 50.3 Å². The highest BCUT2D eigenvalue weighted by Gasteiger charge is 2.41. The van der Waals surface area contributed by atoms with Crippen LogP contribution in [0.3, 0.4) is 0 Å². The molecule has 0 aliphatic heterocycles. The van der Waals surface area contributed by atoms with E-state index in [9.17, 15) is 9.59 Å². The Balaban J connectivity index is 1.70. The van der Waals surface area contributed by atoms with E-state index in [1.807, 2.05) is 0 Å². The van der Waals surface area contributed by atoms with Gasteiger partial charge in [0.05, 0.1) is 13.2 Å². The smallest absolute Gasteiger partial charge is 0.305 e. The van der Waals surface area contributed by atoms with E-state index in [0.29, 0.717) is 12.3 Å². The third kappa shape index (κ3) is 8.00. The van der Waals surface area contributed by atoms with Crippen molar-refractivity contribution in [2.75, 3.05) is 7.11 Å². The van der Waals surface area contributed by atoms with E-state index in [4.69, 9.17) is 4.43 Å². The van der Waals surface area contributed by atoms with Crippen molar-refractivity contribution in [2.45, 2.75) is 109 Å². The standard InChI is InChI=1S/C32H48O4Si/c1-32(2,3)37(5,6)36-31(25-14-10-9-11-15-25)26-20-18-24(19-21-26)27-22-23-29(33)28(27)16-12-7-8-13-17-30(34)35-4/h7,12,18-23,25,27-28,31H,8-11,13-17H2,1-6H3/b12-7-. The number of allylic oxidation sites excluding steroid dienone is 4. The molecule has 5 heteroatoms. The minimum atomic E-state index is -1.92. The summed E-state index contributed by atoms with van der Waals surface area (Å²) in [6, 6.07) is 8.97. The minimum absolute atomic E-state index is 0.0553. The number of hydrogen-bond donors (Lipinski definition) is 0. The van der Waals surface area contributed by atoms with Crippen LogP contribution in [0.2, 0.25) is 18.1 Å². The van der Waals surface area contributed by atoms with Crippen molar-refractivity contribution >= 4 is 20.1 Å². The molecule has 0 saturated heterocycles. The molecule has 3 rings (SSSR count). The van der Waals surface area contributed by atoms with Crippen LogP contribution in [0, 0.1) is 11.8 Å². The van der Waals surface area contributed by atoms with Gasteiger partial charge in [-0.25, -0.2) is 0 Å². The molecule has 37 heavy (non-hydrogen) atoms. The molecule has 1 saturated carbocycles. The first-order chi connectivity index (χ1) is 17.5. The zero-order valence-corrected chi connectivity index (χ0v) is 24.9. The van der Waals surface area contributed by atoms with Crippen LogP contribution in [0.1, 0.15) is 102 Å². The lowest BCUT2D eigenvalue weighted by Gasteiger charge is -2.42. The van der Waals surface area contributed by atoms with Crippen LogP contribution in [-0.4, -0.2) is 27.2 Å². The molecule has 204 valence electrons. The van der Waals surface area contributed by atoms with Crippen LogP contribution in [0.5, 0.6) is 0 Å². The molecular formula is C32H48O4Si. The quantitative estimate of drug-likeness (QED) is 0.126. The van der Waals surface area contributed by atoms with Gasteiger partial charge in [0.15, 0.2) is 14.1 Å². The van der Waals surface area contributed by atoms with Crippen molar-refractivity contribution in [2.24, 2.45) is 11.8 Å². The fraction of sp³-hybridized carbons (Fsp3) is 0.625. The van der Waals surface area contributed by atoms with Crippen LogP contribution in [0.4, 0.5) is 0 Å². The highest BCUT2D eigenvalue weighted by Crippen LogP contribution is 2.45. The van der Waals surface area contributed by atoms with E-state index < -0.39 is 8.32 Å². The number of ketones is 1. The number of carbonyl (C=O) groups is 2. The molecule has 0 bridgehead atoms. The first kappa shape index (κ1) is 29.6. The second kappa shape index (κ2) is 13.2. The van der Waals surface area contributed by atoms with Crippen LogP contribution >= 0.6 is 0 Å². The second-order valence-electron chi connectivity index (χ2n) is 12.4. The van der Waals surface area contributed by atoms with E-state index in [2.05, 4.69) is 81.1 Å². The van der Waals surface area contributed by atoms with Gasteiger partial charge in [-0.2, -0.15) is 0 Å². The Morgan fingerprint density at radius 1 is 1.08 bits per heavy atom. The number of carbonyl (C=O) groups excluding carboxylic acids is 2. The highest BCUT2D eigenvalue weighted by molar-refractivity contribution is 6.74. The van der Waals surface area contributed by atoms with Crippen LogP contribution < -0.4 is 0 Å². The van der Waals surface area contributed by atoms with Gasteiger partial charge in [0, 0.05) is 18.3 Å². The van der Waals surface area contributed by atoms with Crippen LogP contribution in [-0.2, 0) is 18.8 Å². The fourth-order valence-corrected chi connectivity index (χ4v) is 6.66. The molecule has 2 aliphatic carbocycles. The molecule has 3 unspecified atom stereocenters. The lowest BCUT2D eigenvalue weighted by atomic mass is 9.81. The third-order valence-corrected chi connectivity index (χ3v) is 13.2. The molecule has 0 N–H and O–H groups in total. The third-order valence-electron chi connectivity index (χ3n) is 8.76. The van der Waals surface area contributed by atoms with E-state index in [-0.39, 0.29) is 34.7 Å². The molecule has 2 aliphatic rings. The summed E-state index contributed by atoms with van der Waals surface area (Å²) in [5.41, 5.74) is 2.49. The number of esters is 1. The predicted molar refractivity (Wildman–Crippen MR) is 154 cm³/mol. The monoisotopic (exact) mass is 524 g/mol. The normalized spacial score (nSPS) is 22.1. The zero-order valence-electron chi connectivity index (χ0n) is 23.9. The predicted octanol–water partition coefficient (Wildman–Crippen LogP) is 8.46. The molecule has 0 amide bonds. The highest BCUT2D eigenvalue weighted by atomic mass is 28.4. The minimum Gasteiger partial charge on any atom is -0.469 e. The summed E-state index contributed by atoms with van der Waals surface area (Å²) < 4.78 is 11.8. The summed E-state index contributed by atoms with van der Waals surface area (Å²) in [6.07, 6.45) is 17.3. The molecule has 0 radical (unpaired) electrons. The van der Waals surface area contributed by atoms with Crippen molar-refractivity contribution in [3.8, 4) is 0 Å². The Kier molecular flexibility index (Phi) is 10.5. The molecule has 4 nitrogen and oxygen atoms in total. The number of rotatable bonds is 11. The number of unbranched alkanes of at least 4 members (excludes halogenated alkanes) is 1. The number of methoxy groups -OCH3 is 1. The molecule has 1 aromatic rings. The number of hydrogen-bond acceptors (Lipinski definition) is 4. The fourth-order valence-electron chi connectivity index (χ4n) is 5.34. The Labute approximate surface area is 226 Å².